The van der Waals surface area contributed by atoms with Gasteiger partial charge in [0, 0.05) is 12.8 Å². The van der Waals surface area contributed by atoms with Crippen LogP contribution in [0, 0.1) is 0 Å². The highest BCUT2D eigenvalue weighted by Crippen LogP contribution is 2.07. The molecule has 20 heavy (non-hydrogen) atoms. The van der Waals surface area contributed by atoms with E-state index in [4.69, 9.17) is 9.94 Å². The molecule has 0 aromatic heterocycles. The average Bonchev–Trinajstić information content (AvgIpc) is 2.47. The monoisotopic (exact) mass is 281 g/mol. The first-order valence-corrected chi connectivity index (χ1v) is 6.91. The van der Waals surface area contributed by atoms with Crippen molar-refractivity contribution in [1.82, 2.24) is 5.48 Å². The highest BCUT2D eigenvalue weighted by molar-refractivity contribution is 5.74. The van der Waals surface area contributed by atoms with Crippen molar-refractivity contribution in [1.29, 1.82) is 0 Å². The lowest BCUT2D eigenvalue weighted by Gasteiger charge is -2.06. The Morgan fingerprint density at radius 2 is 1.65 bits per heavy atom. The molecule has 0 aliphatic rings. The number of rotatable bonds is 8. The molecule has 0 aliphatic carbocycles. The van der Waals surface area contributed by atoms with Crippen LogP contribution in [0.4, 0.5) is 0 Å². The maximum Gasteiger partial charge on any atom is 0.303 e. The van der Waals surface area contributed by atoms with Gasteiger partial charge in [-0.1, -0.05) is 38.5 Å². The van der Waals surface area contributed by atoms with Gasteiger partial charge in [0.2, 0.25) is 0 Å². The molecule has 0 fully saturated rings. The average molecular weight is 281 g/mol. The highest BCUT2D eigenvalue weighted by atomic mass is 16.7. The van der Waals surface area contributed by atoms with E-state index >= 15 is 0 Å². The first kappa shape index (κ1) is 18.0. The Kier molecular flexibility index (Phi) is 10.8. The van der Waals surface area contributed by atoms with E-state index in [9.17, 15) is 9.59 Å². The van der Waals surface area contributed by atoms with Crippen molar-refractivity contribution >= 4 is 11.9 Å². The van der Waals surface area contributed by atoms with Gasteiger partial charge in [-0.05, 0) is 25.0 Å². The van der Waals surface area contributed by atoms with E-state index in [0.29, 0.717) is 25.0 Å². The first-order chi connectivity index (χ1) is 9.68. The summed E-state index contributed by atoms with van der Waals surface area (Å²) in [4.78, 5) is 26.7. The molecule has 0 spiro atoms. The van der Waals surface area contributed by atoms with Crippen molar-refractivity contribution in [3.63, 3.8) is 0 Å². The van der Waals surface area contributed by atoms with Gasteiger partial charge >= 0.3 is 5.97 Å². The molecule has 0 saturated heterocycles. The molecule has 0 radical (unpaired) electrons. The lowest BCUT2D eigenvalue weighted by atomic mass is 10.1. The van der Waals surface area contributed by atoms with Gasteiger partial charge in [-0.25, -0.2) is 0 Å². The van der Waals surface area contributed by atoms with E-state index in [1.54, 1.807) is 12.1 Å². The third-order valence-corrected chi connectivity index (χ3v) is 2.32. The smallest absolute Gasteiger partial charge is 0.303 e. The van der Waals surface area contributed by atoms with Gasteiger partial charge in [-0.2, -0.15) is 5.48 Å². The quantitative estimate of drug-likeness (QED) is 0.567. The normalized spacial score (nSPS) is 9.10. The molecule has 0 atom stereocenters. The number of para-hydroxylation sites is 1. The van der Waals surface area contributed by atoms with Crippen molar-refractivity contribution < 1.29 is 19.5 Å². The predicted molar refractivity (Wildman–Crippen MR) is 77.3 cm³/mol. The van der Waals surface area contributed by atoms with Crippen LogP contribution in [0.25, 0.3) is 0 Å². The summed E-state index contributed by atoms with van der Waals surface area (Å²) in [5.41, 5.74) is 2.34. The molecule has 1 amide bonds. The number of unbranched alkanes of at least 4 members (excludes halogenated alkanes) is 2. The molecule has 0 aliphatic heterocycles. The minimum Gasteiger partial charge on any atom is -0.481 e. The van der Waals surface area contributed by atoms with E-state index in [1.807, 2.05) is 32.0 Å². The first-order valence-electron chi connectivity index (χ1n) is 6.91. The number of carbonyl (C=O) groups is 2. The van der Waals surface area contributed by atoms with Crippen LogP contribution >= 0.6 is 0 Å². The van der Waals surface area contributed by atoms with E-state index in [2.05, 4.69) is 5.48 Å². The molecular formula is C15H23NO4. The Labute approximate surface area is 119 Å². The third-order valence-electron chi connectivity index (χ3n) is 2.32. The summed E-state index contributed by atoms with van der Waals surface area (Å²) in [7, 11) is 0. The fourth-order valence-corrected chi connectivity index (χ4v) is 1.39. The summed E-state index contributed by atoms with van der Waals surface area (Å²) >= 11 is 0. The molecule has 5 nitrogen and oxygen atoms in total. The van der Waals surface area contributed by atoms with Crippen LogP contribution in [0.2, 0.25) is 0 Å². The number of nitrogens with one attached hydrogen (secondary N) is 1. The number of aliphatic carboxylic acids is 1. The van der Waals surface area contributed by atoms with Crippen LogP contribution in [0.3, 0.4) is 0 Å². The molecule has 0 heterocycles. The fraction of sp³-hybridized carbons (Fsp3) is 0.467. The summed E-state index contributed by atoms with van der Waals surface area (Å²) in [6, 6.07) is 8.97. The zero-order valence-corrected chi connectivity index (χ0v) is 12.1. The van der Waals surface area contributed by atoms with Crippen molar-refractivity contribution in [2.24, 2.45) is 0 Å². The standard InChI is InChI=1S/C13H17NO4.C2H6/c15-12(9-5-2-6-10-13(16)17)14-18-11-7-3-1-4-8-11;1-2/h1,3-4,7-8H,2,5-6,9-10H2,(H,14,15)(H,16,17);1-2H3. The number of carboxylic acids is 1. The van der Waals surface area contributed by atoms with Crippen LogP contribution < -0.4 is 10.3 Å². The fourth-order valence-electron chi connectivity index (χ4n) is 1.39. The van der Waals surface area contributed by atoms with Crippen molar-refractivity contribution in [3.05, 3.63) is 30.3 Å². The van der Waals surface area contributed by atoms with Gasteiger partial charge in [-0.15, -0.1) is 0 Å². The maximum atomic E-state index is 11.4. The number of amides is 1. The largest absolute Gasteiger partial charge is 0.481 e. The second kappa shape index (κ2) is 12.0. The van der Waals surface area contributed by atoms with Crippen LogP contribution in [-0.2, 0) is 9.59 Å². The number of hydrogen-bond acceptors (Lipinski definition) is 3. The van der Waals surface area contributed by atoms with E-state index in [-0.39, 0.29) is 12.3 Å². The van der Waals surface area contributed by atoms with Gasteiger partial charge in [0.25, 0.3) is 5.91 Å². The lowest BCUT2D eigenvalue weighted by Crippen LogP contribution is -2.26. The number of benzene rings is 1. The minimum absolute atomic E-state index is 0.155. The Bertz CT molecular complexity index is 379. The molecule has 2 N–H and O–H groups in total. The number of carboxylic acid groups (broad SMARTS) is 1. The number of hydroxylamine groups is 1. The minimum atomic E-state index is -0.799. The summed E-state index contributed by atoms with van der Waals surface area (Å²) in [5, 5.41) is 8.43. The second-order valence-corrected chi connectivity index (χ2v) is 3.89. The number of hydrogen-bond donors (Lipinski definition) is 2. The Hall–Kier alpha value is -2.04. The Morgan fingerprint density at radius 1 is 1.05 bits per heavy atom. The molecule has 112 valence electrons. The van der Waals surface area contributed by atoms with Crippen molar-refractivity contribution in [2.45, 2.75) is 46.0 Å². The molecular weight excluding hydrogens is 258 g/mol. The highest BCUT2D eigenvalue weighted by Gasteiger charge is 2.02. The molecule has 1 aromatic carbocycles. The third kappa shape index (κ3) is 9.94. The van der Waals surface area contributed by atoms with Gasteiger partial charge in [-0.3, -0.25) is 9.59 Å². The SMILES string of the molecule is CC.O=C(O)CCCCCC(=O)NOc1ccccc1. The van der Waals surface area contributed by atoms with E-state index in [0.717, 1.165) is 6.42 Å². The topological polar surface area (TPSA) is 75.6 Å². The predicted octanol–water partition coefficient (Wildman–Crippen LogP) is 3.16. The van der Waals surface area contributed by atoms with Gasteiger partial charge in [0.05, 0.1) is 0 Å². The summed E-state index contributed by atoms with van der Waals surface area (Å²) in [6.07, 6.45) is 2.49. The van der Waals surface area contributed by atoms with Crippen LogP contribution in [0.5, 0.6) is 5.75 Å². The summed E-state index contributed by atoms with van der Waals surface area (Å²) < 4.78 is 0. The zero-order valence-electron chi connectivity index (χ0n) is 12.1. The molecule has 5 heteroatoms. The Morgan fingerprint density at radius 3 is 2.25 bits per heavy atom. The summed E-state index contributed by atoms with van der Waals surface area (Å²) in [6.45, 7) is 4.00. The van der Waals surface area contributed by atoms with E-state index in [1.165, 1.54) is 0 Å². The van der Waals surface area contributed by atoms with Gasteiger partial charge in [0.15, 0.2) is 5.75 Å². The number of carbonyl (C=O) groups excluding carboxylic acids is 1. The molecule has 1 aromatic rings. The van der Waals surface area contributed by atoms with Crippen molar-refractivity contribution in [3.8, 4) is 5.75 Å². The van der Waals surface area contributed by atoms with Crippen LogP contribution in [0.15, 0.2) is 30.3 Å². The van der Waals surface area contributed by atoms with Crippen LogP contribution in [-0.4, -0.2) is 17.0 Å². The zero-order chi connectivity index (χ0) is 15.2. The second-order valence-electron chi connectivity index (χ2n) is 3.89. The lowest BCUT2D eigenvalue weighted by molar-refractivity contribution is -0.137. The van der Waals surface area contributed by atoms with Crippen molar-refractivity contribution in [2.75, 3.05) is 0 Å². The van der Waals surface area contributed by atoms with Gasteiger partial charge < -0.3 is 9.94 Å². The summed E-state index contributed by atoms with van der Waals surface area (Å²) in [5.74, 6) is -0.419. The van der Waals surface area contributed by atoms with Gasteiger partial charge in [0.1, 0.15) is 0 Å². The molecule has 0 unspecified atom stereocenters. The van der Waals surface area contributed by atoms with Crippen LogP contribution in [0.1, 0.15) is 46.0 Å². The molecule has 0 bridgehead atoms. The molecule has 0 saturated carbocycles. The van der Waals surface area contributed by atoms with E-state index < -0.39 is 5.97 Å². The Balaban J connectivity index is 0.00000172. The maximum absolute atomic E-state index is 11.4. The molecule has 1 rings (SSSR count).